The Labute approximate surface area is 202 Å². The number of alkyl halides is 3. The fourth-order valence-corrected chi connectivity index (χ4v) is 3.55. The molecule has 0 unspecified atom stereocenters. The number of carbonyl (C=O) groups excluding carboxylic acids is 1. The summed E-state index contributed by atoms with van der Waals surface area (Å²) in [6.45, 7) is 0. The summed E-state index contributed by atoms with van der Waals surface area (Å²) >= 11 is 0. The van der Waals surface area contributed by atoms with Crippen LogP contribution in [-0.4, -0.2) is 27.3 Å². The van der Waals surface area contributed by atoms with Crippen molar-refractivity contribution in [3.63, 3.8) is 0 Å². The average Bonchev–Trinajstić information content (AvgIpc) is 2.87. The fourth-order valence-electron chi connectivity index (χ4n) is 3.55. The summed E-state index contributed by atoms with van der Waals surface area (Å²) in [6, 6.07) is 13.5. The van der Waals surface area contributed by atoms with Crippen molar-refractivity contribution in [2.24, 2.45) is 0 Å². The topological polar surface area (TPSA) is 84.2 Å². The summed E-state index contributed by atoms with van der Waals surface area (Å²) in [4.78, 5) is 25.8. The normalized spacial score (nSPS) is 11.3. The van der Waals surface area contributed by atoms with Gasteiger partial charge in [0.15, 0.2) is 0 Å². The van der Waals surface area contributed by atoms with E-state index in [9.17, 15) is 22.8 Å². The zero-order valence-electron chi connectivity index (χ0n) is 19.3. The van der Waals surface area contributed by atoms with Gasteiger partial charge in [-0.3, -0.25) is 4.79 Å². The van der Waals surface area contributed by atoms with Crippen LogP contribution in [0.5, 0.6) is 23.0 Å². The molecule has 36 heavy (non-hydrogen) atoms. The number of fused-ring (bicyclic) bond motifs is 1. The van der Waals surface area contributed by atoms with Gasteiger partial charge in [-0.15, -0.1) is 0 Å². The van der Waals surface area contributed by atoms with E-state index in [1.165, 1.54) is 69.9 Å². The van der Waals surface area contributed by atoms with Crippen LogP contribution in [-0.2, 0) is 6.18 Å². The first-order valence-electron chi connectivity index (χ1n) is 10.4. The van der Waals surface area contributed by atoms with Crippen LogP contribution in [0.15, 0.2) is 69.9 Å². The number of hydrogen-bond acceptors (Lipinski definition) is 7. The molecule has 0 aliphatic carbocycles. The van der Waals surface area contributed by atoms with Crippen LogP contribution in [0.3, 0.4) is 0 Å². The maximum Gasteiger partial charge on any atom is 0.450 e. The van der Waals surface area contributed by atoms with Gasteiger partial charge in [0.05, 0.1) is 37.8 Å². The first kappa shape index (κ1) is 24.6. The minimum absolute atomic E-state index is 0.0150. The molecule has 1 aromatic heterocycles. The van der Waals surface area contributed by atoms with Crippen molar-refractivity contribution in [3.05, 3.63) is 82.2 Å². The van der Waals surface area contributed by atoms with Gasteiger partial charge in [0.1, 0.15) is 28.6 Å². The Balaban J connectivity index is 1.77. The van der Waals surface area contributed by atoms with Crippen LogP contribution >= 0.6 is 0 Å². The third-order valence-corrected chi connectivity index (χ3v) is 5.30. The molecule has 10 heteroatoms. The van der Waals surface area contributed by atoms with E-state index in [-0.39, 0.29) is 22.3 Å². The van der Waals surface area contributed by atoms with Crippen molar-refractivity contribution in [2.45, 2.75) is 6.18 Å². The molecular formula is C26H19F3O7. The van der Waals surface area contributed by atoms with E-state index in [0.717, 1.165) is 6.07 Å². The largest absolute Gasteiger partial charge is 0.497 e. The summed E-state index contributed by atoms with van der Waals surface area (Å²) < 4.78 is 67.4. The lowest BCUT2D eigenvalue weighted by Gasteiger charge is -2.14. The minimum Gasteiger partial charge on any atom is -0.497 e. The van der Waals surface area contributed by atoms with Crippen molar-refractivity contribution in [1.29, 1.82) is 0 Å². The molecule has 0 radical (unpaired) electrons. The smallest absolute Gasteiger partial charge is 0.450 e. The van der Waals surface area contributed by atoms with E-state index in [1.54, 1.807) is 6.07 Å². The number of esters is 1. The van der Waals surface area contributed by atoms with Gasteiger partial charge in [0.25, 0.3) is 0 Å². The maximum atomic E-state index is 13.9. The number of carbonyl (C=O) groups is 1. The van der Waals surface area contributed by atoms with Gasteiger partial charge in [-0.05, 0) is 42.0 Å². The first-order chi connectivity index (χ1) is 17.1. The van der Waals surface area contributed by atoms with Gasteiger partial charge in [-0.25, -0.2) is 4.79 Å². The predicted molar refractivity (Wildman–Crippen MR) is 124 cm³/mol. The number of ether oxygens (including phenoxy) is 4. The molecule has 4 aromatic rings. The highest BCUT2D eigenvalue weighted by Crippen LogP contribution is 2.38. The maximum absolute atomic E-state index is 13.9. The molecule has 3 aromatic carbocycles. The highest BCUT2D eigenvalue weighted by Gasteiger charge is 2.39. The molecule has 0 N–H and O–H groups in total. The second-order valence-corrected chi connectivity index (χ2v) is 7.51. The Kier molecular flexibility index (Phi) is 6.61. The van der Waals surface area contributed by atoms with Crippen molar-refractivity contribution in [2.75, 3.05) is 21.3 Å². The van der Waals surface area contributed by atoms with Gasteiger partial charge >= 0.3 is 12.1 Å². The highest BCUT2D eigenvalue weighted by molar-refractivity contribution is 5.93. The SMILES string of the molecule is COc1ccc(-c2c(C(F)(F)F)oc3cc(OC(=O)c4cc(OC)cc(OC)c4)ccc3c2=O)cc1. The molecule has 1 heterocycles. The molecule has 186 valence electrons. The van der Waals surface area contributed by atoms with Crippen LogP contribution in [0.2, 0.25) is 0 Å². The van der Waals surface area contributed by atoms with E-state index in [0.29, 0.717) is 17.2 Å². The molecule has 0 spiro atoms. The van der Waals surface area contributed by atoms with Gasteiger partial charge in [-0.2, -0.15) is 13.2 Å². The third kappa shape index (κ3) is 4.83. The van der Waals surface area contributed by atoms with E-state index < -0.39 is 34.5 Å². The lowest BCUT2D eigenvalue weighted by Crippen LogP contribution is -2.16. The van der Waals surface area contributed by atoms with Crippen molar-refractivity contribution >= 4 is 16.9 Å². The van der Waals surface area contributed by atoms with E-state index in [4.69, 9.17) is 23.4 Å². The van der Waals surface area contributed by atoms with Crippen molar-refractivity contribution < 1.29 is 41.3 Å². The number of hydrogen-bond donors (Lipinski definition) is 0. The fraction of sp³-hybridized carbons (Fsp3) is 0.154. The molecule has 4 rings (SSSR count). The van der Waals surface area contributed by atoms with Crippen molar-refractivity contribution in [3.8, 4) is 34.1 Å². The minimum atomic E-state index is -4.97. The van der Waals surface area contributed by atoms with Gasteiger partial charge in [0, 0.05) is 12.1 Å². The first-order valence-corrected chi connectivity index (χ1v) is 10.4. The Bertz CT molecular complexity index is 1470. The lowest BCUT2D eigenvalue weighted by molar-refractivity contribution is -0.152. The molecule has 0 bridgehead atoms. The lowest BCUT2D eigenvalue weighted by atomic mass is 10.0. The Morgan fingerprint density at radius 2 is 1.36 bits per heavy atom. The molecule has 0 saturated heterocycles. The van der Waals surface area contributed by atoms with Crippen LogP contribution in [0.4, 0.5) is 13.2 Å². The molecule has 0 amide bonds. The molecule has 0 fully saturated rings. The number of benzene rings is 3. The van der Waals surface area contributed by atoms with Gasteiger partial charge < -0.3 is 23.4 Å². The van der Waals surface area contributed by atoms with Crippen LogP contribution < -0.4 is 24.4 Å². The summed E-state index contributed by atoms with van der Waals surface area (Å²) in [5, 5.41) is -0.114. The highest BCUT2D eigenvalue weighted by atomic mass is 19.4. The summed E-state index contributed by atoms with van der Waals surface area (Å²) in [6.07, 6.45) is -4.97. The van der Waals surface area contributed by atoms with Crippen LogP contribution in [0, 0.1) is 0 Å². The summed E-state index contributed by atoms with van der Waals surface area (Å²) in [7, 11) is 4.23. The van der Waals surface area contributed by atoms with E-state index in [2.05, 4.69) is 0 Å². The molecule has 7 nitrogen and oxygen atoms in total. The quantitative estimate of drug-likeness (QED) is 0.247. The monoisotopic (exact) mass is 500 g/mol. The predicted octanol–water partition coefficient (Wildman–Crippen LogP) is 5.72. The van der Waals surface area contributed by atoms with Crippen LogP contribution in [0.25, 0.3) is 22.1 Å². The molecular weight excluding hydrogens is 481 g/mol. The standard InChI is InChI=1S/C26H19F3O7/c1-32-16-6-4-14(5-7-16)22-23(30)20-9-8-17(13-21(20)36-24(22)26(27,28)29)35-25(31)15-10-18(33-2)12-19(11-15)34-3/h4-13H,1-3H3. The summed E-state index contributed by atoms with van der Waals surface area (Å²) in [5.41, 5.74) is -1.81. The molecule has 0 atom stereocenters. The number of rotatable bonds is 6. The Hall–Kier alpha value is -4.47. The zero-order valence-corrected chi connectivity index (χ0v) is 19.3. The Morgan fingerprint density at radius 1 is 0.778 bits per heavy atom. The number of halogens is 3. The third-order valence-electron chi connectivity index (χ3n) is 5.30. The van der Waals surface area contributed by atoms with E-state index in [1.807, 2.05) is 0 Å². The second kappa shape index (κ2) is 9.65. The van der Waals surface area contributed by atoms with Crippen molar-refractivity contribution in [1.82, 2.24) is 0 Å². The molecule has 0 aliphatic rings. The van der Waals surface area contributed by atoms with Gasteiger partial charge in [0.2, 0.25) is 11.2 Å². The molecule has 0 aliphatic heterocycles. The summed E-state index contributed by atoms with van der Waals surface area (Å²) in [5.74, 6) is -1.32. The average molecular weight is 500 g/mol. The zero-order chi connectivity index (χ0) is 26.0. The molecule has 0 saturated carbocycles. The van der Waals surface area contributed by atoms with E-state index >= 15 is 0 Å². The number of methoxy groups -OCH3 is 3. The van der Waals surface area contributed by atoms with Gasteiger partial charge in [-0.1, -0.05) is 12.1 Å². The Morgan fingerprint density at radius 3 is 1.92 bits per heavy atom. The second-order valence-electron chi connectivity index (χ2n) is 7.51. The van der Waals surface area contributed by atoms with Crippen LogP contribution in [0.1, 0.15) is 16.1 Å².